The first-order valence-electron chi connectivity index (χ1n) is 8.19. The minimum absolute atomic E-state index is 0.0878. The fraction of sp³-hybridized carbons (Fsp3) is 0.222. The van der Waals surface area contributed by atoms with E-state index in [1.165, 1.54) is 0 Å². The average molecular weight is 378 g/mol. The molecule has 7 nitrogen and oxygen atoms in total. The molecular formula is C18H20F2N4O3. The summed E-state index contributed by atoms with van der Waals surface area (Å²) in [6.07, 6.45) is 0.356. The summed E-state index contributed by atoms with van der Waals surface area (Å²) >= 11 is 0. The van der Waals surface area contributed by atoms with E-state index in [0.29, 0.717) is 12.1 Å². The first-order valence-corrected chi connectivity index (χ1v) is 8.19. The molecule has 27 heavy (non-hydrogen) atoms. The van der Waals surface area contributed by atoms with E-state index in [2.05, 4.69) is 21.5 Å². The van der Waals surface area contributed by atoms with Gasteiger partial charge in [0.15, 0.2) is 11.6 Å². The summed E-state index contributed by atoms with van der Waals surface area (Å²) in [5.41, 5.74) is 5.12. The van der Waals surface area contributed by atoms with Crippen LogP contribution in [0.25, 0.3) is 0 Å². The smallest absolute Gasteiger partial charge is 0.333 e. The van der Waals surface area contributed by atoms with Gasteiger partial charge in [-0.3, -0.25) is 10.2 Å². The van der Waals surface area contributed by atoms with Gasteiger partial charge in [-0.1, -0.05) is 17.7 Å². The second kappa shape index (κ2) is 9.48. The SMILES string of the molecule is Cc1ccc(Nc2c(C(=O)NNC(=O)NCCCO)ccc(F)c2F)cc1. The minimum atomic E-state index is -1.21. The van der Waals surface area contributed by atoms with Gasteiger partial charge in [0.05, 0.1) is 11.3 Å². The minimum Gasteiger partial charge on any atom is -0.396 e. The summed E-state index contributed by atoms with van der Waals surface area (Å²) in [6, 6.07) is 8.10. The zero-order valence-electron chi connectivity index (χ0n) is 14.6. The standard InChI is InChI=1S/C18H20F2N4O3/c1-11-3-5-12(6-4-11)22-16-13(7-8-14(19)15(16)20)17(26)23-24-18(27)21-9-2-10-25/h3-8,22,25H,2,9-10H2,1H3,(H,23,26)(H2,21,24,27). The molecule has 0 aliphatic rings. The van der Waals surface area contributed by atoms with Crippen LogP contribution in [0.5, 0.6) is 0 Å². The van der Waals surface area contributed by atoms with Crippen molar-refractivity contribution in [1.82, 2.24) is 16.2 Å². The molecule has 0 atom stereocenters. The Morgan fingerprint density at radius 1 is 1.04 bits per heavy atom. The highest BCUT2D eigenvalue weighted by molar-refractivity contribution is 6.01. The zero-order valence-corrected chi connectivity index (χ0v) is 14.6. The summed E-state index contributed by atoms with van der Waals surface area (Å²) in [5.74, 6) is -3.16. The van der Waals surface area contributed by atoms with Crippen molar-refractivity contribution in [3.8, 4) is 0 Å². The molecule has 2 rings (SSSR count). The highest BCUT2D eigenvalue weighted by Crippen LogP contribution is 2.26. The van der Waals surface area contributed by atoms with Crippen molar-refractivity contribution >= 4 is 23.3 Å². The lowest BCUT2D eigenvalue weighted by atomic mass is 10.1. The Kier molecular flexibility index (Phi) is 7.07. The van der Waals surface area contributed by atoms with Crippen molar-refractivity contribution in [3.63, 3.8) is 0 Å². The fourth-order valence-electron chi connectivity index (χ4n) is 2.15. The van der Waals surface area contributed by atoms with Crippen molar-refractivity contribution < 1.29 is 23.5 Å². The quantitative estimate of drug-likeness (QED) is 0.393. The first-order chi connectivity index (χ1) is 12.9. The lowest BCUT2D eigenvalue weighted by molar-refractivity contribution is 0.0936. The molecule has 0 aliphatic carbocycles. The number of aliphatic hydroxyl groups is 1. The normalized spacial score (nSPS) is 10.2. The second-order valence-electron chi connectivity index (χ2n) is 5.69. The van der Waals surface area contributed by atoms with Crippen LogP contribution in [0.1, 0.15) is 22.3 Å². The number of hydrogen-bond acceptors (Lipinski definition) is 4. The number of aliphatic hydroxyl groups excluding tert-OH is 1. The van der Waals surface area contributed by atoms with E-state index in [4.69, 9.17) is 5.11 Å². The van der Waals surface area contributed by atoms with E-state index in [1.807, 2.05) is 6.92 Å². The van der Waals surface area contributed by atoms with Crippen LogP contribution in [0.2, 0.25) is 0 Å². The number of carbonyl (C=O) groups is 2. The summed E-state index contributed by atoms with van der Waals surface area (Å²) in [7, 11) is 0. The number of anilines is 2. The topological polar surface area (TPSA) is 102 Å². The molecule has 0 saturated carbocycles. The van der Waals surface area contributed by atoms with Gasteiger partial charge in [0.1, 0.15) is 0 Å². The number of nitrogens with one attached hydrogen (secondary N) is 4. The molecule has 0 fully saturated rings. The number of aryl methyl sites for hydroxylation is 1. The van der Waals surface area contributed by atoms with E-state index in [-0.39, 0.29) is 24.4 Å². The Morgan fingerprint density at radius 3 is 2.41 bits per heavy atom. The maximum absolute atomic E-state index is 14.3. The Morgan fingerprint density at radius 2 is 1.74 bits per heavy atom. The monoisotopic (exact) mass is 378 g/mol. The van der Waals surface area contributed by atoms with Gasteiger partial charge in [-0.2, -0.15) is 0 Å². The lowest BCUT2D eigenvalue weighted by Crippen LogP contribution is -2.47. The number of rotatable bonds is 6. The van der Waals surface area contributed by atoms with Gasteiger partial charge in [0.25, 0.3) is 5.91 Å². The molecule has 3 amide bonds. The molecule has 0 radical (unpaired) electrons. The molecule has 0 spiro atoms. The summed E-state index contributed by atoms with van der Waals surface area (Å²) in [5, 5.41) is 13.7. The van der Waals surface area contributed by atoms with Crippen LogP contribution in [0, 0.1) is 18.6 Å². The van der Waals surface area contributed by atoms with Gasteiger partial charge in [0, 0.05) is 18.8 Å². The van der Waals surface area contributed by atoms with Crippen molar-refractivity contribution in [2.24, 2.45) is 0 Å². The molecule has 0 heterocycles. The predicted octanol–water partition coefficient (Wildman–Crippen LogP) is 2.34. The van der Waals surface area contributed by atoms with Crippen LogP contribution >= 0.6 is 0 Å². The van der Waals surface area contributed by atoms with Crippen LogP contribution in [0.4, 0.5) is 25.0 Å². The van der Waals surface area contributed by atoms with Gasteiger partial charge in [-0.25, -0.2) is 19.0 Å². The average Bonchev–Trinajstić information content (AvgIpc) is 2.65. The molecule has 0 bridgehead atoms. The Hall–Kier alpha value is -3.20. The van der Waals surface area contributed by atoms with Crippen LogP contribution in [-0.2, 0) is 0 Å². The maximum Gasteiger partial charge on any atom is 0.333 e. The van der Waals surface area contributed by atoms with Crippen LogP contribution in [0.3, 0.4) is 0 Å². The first kappa shape index (κ1) is 20.1. The molecule has 0 saturated heterocycles. The molecule has 0 aliphatic heterocycles. The number of halogens is 2. The van der Waals surface area contributed by atoms with Gasteiger partial charge in [-0.15, -0.1) is 0 Å². The second-order valence-corrected chi connectivity index (χ2v) is 5.69. The van der Waals surface area contributed by atoms with Gasteiger partial charge in [-0.05, 0) is 37.6 Å². The van der Waals surface area contributed by atoms with Crippen molar-refractivity contribution in [2.45, 2.75) is 13.3 Å². The van der Waals surface area contributed by atoms with Gasteiger partial charge >= 0.3 is 6.03 Å². The van der Waals surface area contributed by atoms with E-state index in [9.17, 15) is 18.4 Å². The number of hydrogen-bond donors (Lipinski definition) is 5. The van der Waals surface area contributed by atoms with Crippen LogP contribution in [-0.4, -0.2) is 30.2 Å². The molecule has 0 aromatic heterocycles. The fourth-order valence-corrected chi connectivity index (χ4v) is 2.15. The van der Waals surface area contributed by atoms with E-state index in [1.54, 1.807) is 24.3 Å². The number of carbonyl (C=O) groups excluding carboxylic acids is 2. The van der Waals surface area contributed by atoms with E-state index >= 15 is 0 Å². The third-order valence-electron chi connectivity index (χ3n) is 3.57. The largest absolute Gasteiger partial charge is 0.396 e. The molecular weight excluding hydrogens is 358 g/mol. The predicted molar refractivity (Wildman–Crippen MR) is 96.5 cm³/mol. The summed E-state index contributed by atoms with van der Waals surface area (Å²) < 4.78 is 27.9. The third-order valence-corrected chi connectivity index (χ3v) is 3.57. The highest BCUT2D eigenvalue weighted by atomic mass is 19.2. The number of hydrazine groups is 1. The number of urea groups is 1. The van der Waals surface area contributed by atoms with Crippen LogP contribution < -0.4 is 21.5 Å². The molecule has 0 unspecified atom stereocenters. The molecule has 2 aromatic carbocycles. The molecule has 9 heteroatoms. The maximum atomic E-state index is 14.3. The lowest BCUT2D eigenvalue weighted by Gasteiger charge is -2.14. The van der Waals surface area contributed by atoms with Crippen molar-refractivity contribution in [2.75, 3.05) is 18.5 Å². The molecule has 5 N–H and O–H groups in total. The number of amides is 3. The van der Waals surface area contributed by atoms with Crippen molar-refractivity contribution in [1.29, 1.82) is 0 Å². The number of benzene rings is 2. The Labute approximate surface area is 154 Å². The highest BCUT2D eigenvalue weighted by Gasteiger charge is 2.19. The van der Waals surface area contributed by atoms with Crippen molar-refractivity contribution in [3.05, 3.63) is 59.2 Å². The Bertz CT molecular complexity index is 813. The molecule has 2 aromatic rings. The Balaban J connectivity index is 2.13. The molecule has 144 valence electrons. The van der Waals surface area contributed by atoms with Crippen LogP contribution in [0.15, 0.2) is 36.4 Å². The summed E-state index contributed by atoms with van der Waals surface area (Å²) in [4.78, 5) is 23.8. The van der Waals surface area contributed by atoms with E-state index < -0.39 is 23.6 Å². The van der Waals surface area contributed by atoms with Gasteiger partial charge in [0.2, 0.25) is 0 Å². The van der Waals surface area contributed by atoms with E-state index in [0.717, 1.165) is 17.7 Å². The summed E-state index contributed by atoms with van der Waals surface area (Å²) in [6.45, 7) is 2.00. The third kappa shape index (κ3) is 5.65. The van der Waals surface area contributed by atoms with Gasteiger partial charge < -0.3 is 15.7 Å². The zero-order chi connectivity index (χ0) is 19.8.